The van der Waals surface area contributed by atoms with Crippen LogP contribution >= 0.6 is 0 Å². The van der Waals surface area contributed by atoms with Crippen LogP contribution < -0.4 is 10.4 Å². The summed E-state index contributed by atoms with van der Waals surface area (Å²) in [5.74, 6) is 0. The third-order valence-corrected chi connectivity index (χ3v) is 20.8. The van der Waals surface area contributed by atoms with E-state index in [2.05, 4.69) is 37.4 Å². The fourth-order valence-electron chi connectivity index (χ4n) is 3.47. The summed E-state index contributed by atoms with van der Waals surface area (Å²) in [5.41, 5.74) is 0. The zero-order valence-corrected chi connectivity index (χ0v) is 19.4. The van der Waals surface area contributed by atoms with Crippen LogP contribution in [0.1, 0.15) is 13.8 Å². The Balaban J connectivity index is 1.86. The molecule has 0 saturated carbocycles. The van der Waals surface area contributed by atoms with Gasteiger partial charge in [-0.05, 0) is 49.4 Å². The first kappa shape index (κ1) is 19.3. The molecule has 2 aromatic rings. The largest absolute Gasteiger partial charge is 0.427 e. The third-order valence-electron chi connectivity index (χ3n) is 6.27. The zero-order valence-electron chi connectivity index (χ0n) is 16.4. The molecular formula is C20H28O4Si3. The number of benzene rings is 2. The molecule has 0 atom stereocenters. The SMILES string of the molecule is CC(C)(O)[Si](C)(C)O[Si](O[Si]12CC1(O)C2)(c1ccccc1)c1ccccc1. The van der Waals surface area contributed by atoms with Gasteiger partial charge < -0.3 is 18.4 Å². The van der Waals surface area contributed by atoms with E-state index in [-0.39, 0.29) is 0 Å². The maximum atomic E-state index is 10.8. The van der Waals surface area contributed by atoms with Crippen LogP contribution in [0.4, 0.5) is 0 Å². The first-order valence-electron chi connectivity index (χ1n) is 9.50. The van der Waals surface area contributed by atoms with Crippen molar-refractivity contribution in [1.82, 2.24) is 0 Å². The molecule has 2 heterocycles. The van der Waals surface area contributed by atoms with E-state index in [4.69, 9.17) is 8.23 Å². The van der Waals surface area contributed by atoms with Gasteiger partial charge in [0.15, 0.2) is 0 Å². The average molecular weight is 417 g/mol. The molecule has 2 aromatic carbocycles. The van der Waals surface area contributed by atoms with Gasteiger partial charge in [-0.3, -0.25) is 0 Å². The molecule has 0 aliphatic carbocycles. The molecule has 144 valence electrons. The standard InChI is InChI=1S/C20H28O4Si3/c1-19(2,21)25(3,4)23-27(17-11-7-5-8-12-17,18-13-9-6-10-14-18)24-26-15-20(26,22)16-26/h5-14,21-22H,15-16H2,1-4H3. The Morgan fingerprint density at radius 2 is 1.33 bits per heavy atom. The predicted octanol–water partition coefficient (Wildman–Crippen LogP) is 2.03. The number of rotatable bonds is 7. The van der Waals surface area contributed by atoms with Gasteiger partial charge in [-0.2, -0.15) is 0 Å². The minimum Gasteiger partial charge on any atom is -0.427 e. The molecule has 0 aromatic heterocycles. The van der Waals surface area contributed by atoms with Crippen LogP contribution in [0.3, 0.4) is 0 Å². The molecule has 2 fully saturated rings. The average Bonchev–Trinajstić information content (AvgIpc) is 3.37. The van der Waals surface area contributed by atoms with Gasteiger partial charge in [-0.1, -0.05) is 60.7 Å². The van der Waals surface area contributed by atoms with Gasteiger partial charge in [-0.15, -0.1) is 0 Å². The summed E-state index contributed by atoms with van der Waals surface area (Å²) in [6, 6.07) is 21.9. The molecule has 0 radical (unpaired) electrons. The lowest BCUT2D eigenvalue weighted by atomic mass is 10.4. The second-order valence-electron chi connectivity index (χ2n) is 9.00. The highest BCUT2D eigenvalue weighted by Crippen LogP contribution is 2.71. The predicted molar refractivity (Wildman–Crippen MR) is 114 cm³/mol. The summed E-state index contributed by atoms with van der Waals surface area (Å²) in [5, 5.41) is 22.0. The summed E-state index contributed by atoms with van der Waals surface area (Å²) in [6.07, 6.45) is 0. The van der Waals surface area contributed by atoms with Crippen molar-refractivity contribution < 1.29 is 18.4 Å². The highest BCUT2D eigenvalue weighted by Gasteiger charge is 2.89. The maximum Gasteiger partial charge on any atom is 0.386 e. The van der Waals surface area contributed by atoms with E-state index < -0.39 is 35.6 Å². The van der Waals surface area contributed by atoms with Gasteiger partial charge in [0.1, 0.15) is 0 Å². The van der Waals surface area contributed by atoms with E-state index in [0.29, 0.717) is 0 Å². The molecule has 0 spiro atoms. The van der Waals surface area contributed by atoms with Crippen LogP contribution in [0, 0.1) is 0 Å². The molecule has 7 heteroatoms. The van der Waals surface area contributed by atoms with Gasteiger partial charge in [0.2, 0.25) is 16.6 Å². The van der Waals surface area contributed by atoms with Crippen molar-refractivity contribution in [1.29, 1.82) is 0 Å². The lowest BCUT2D eigenvalue weighted by molar-refractivity contribution is 0.136. The van der Waals surface area contributed by atoms with E-state index in [1.807, 2.05) is 50.2 Å². The van der Waals surface area contributed by atoms with Crippen LogP contribution in [-0.2, 0) is 8.23 Å². The van der Waals surface area contributed by atoms with E-state index in [0.717, 1.165) is 22.5 Å². The quantitative estimate of drug-likeness (QED) is 0.678. The van der Waals surface area contributed by atoms with Crippen molar-refractivity contribution in [2.24, 2.45) is 0 Å². The number of hydrogen-bond donors (Lipinski definition) is 2. The molecule has 2 aliphatic rings. The second-order valence-corrected chi connectivity index (χ2v) is 20.9. The molecule has 2 saturated heterocycles. The highest BCUT2D eigenvalue weighted by atomic mass is 28.5. The van der Waals surface area contributed by atoms with Crippen molar-refractivity contribution in [2.45, 2.75) is 49.5 Å². The van der Waals surface area contributed by atoms with Crippen molar-refractivity contribution >= 4 is 35.6 Å². The van der Waals surface area contributed by atoms with E-state index in [9.17, 15) is 10.2 Å². The topological polar surface area (TPSA) is 58.9 Å². The lowest BCUT2D eigenvalue weighted by Crippen LogP contribution is -2.71. The van der Waals surface area contributed by atoms with E-state index in [1.165, 1.54) is 0 Å². The Labute approximate surface area is 164 Å². The minimum absolute atomic E-state index is 0.543. The monoisotopic (exact) mass is 416 g/mol. The Morgan fingerprint density at radius 1 is 0.926 bits per heavy atom. The summed E-state index contributed by atoms with van der Waals surface area (Å²) in [6.45, 7) is 7.76. The van der Waals surface area contributed by atoms with Gasteiger partial charge in [0, 0.05) is 0 Å². The molecule has 2 N–H and O–H groups in total. The van der Waals surface area contributed by atoms with Crippen molar-refractivity contribution in [3.63, 3.8) is 0 Å². The van der Waals surface area contributed by atoms with Gasteiger partial charge in [0.05, 0.1) is 10.4 Å². The summed E-state index contributed by atoms with van der Waals surface area (Å²) in [7, 11) is -7.71. The Kier molecular flexibility index (Phi) is 4.25. The third kappa shape index (κ3) is 3.11. The second kappa shape index (κ2) is 5.96. The van der Waals surface area contributed by atoms with Gasteiger partial charge in [-0.25, -0.2) is 0 Å². The zero-order chi connectivity index (χ0) is 19.6. The van der Waals surface area contributed by atoms with Crippen LogP contribution in [0.5, 0.6) is 0 Å². The summed E-state index contributed by atoms with van der Waals surface area (Å²) < 4.78 is 13.9. The first-order valence-corrected chi connectivity index (χ1v) is 16.5. The minimum atomic E-state index is -3.07. The highest BCUT2D eigenvalue weighted by molar-refractivity contribution is 7.09. The maximum absolute atomic E-state index is 10.8. The number of fused-ring (bicyclic) bond motifs is 1. The van der Waals surface area contributed by atoms with Crippen molar-refractivity contribution in [3.8, 4) is 0 Å². The van der Waals surface area contributed by atoms with Gasteiger partial charge in [0.25, 0.3) is 0 Å². The molecule has 0 unspecified atom stereocenters. The van der Waals surface area contributed by atoms with Crippen LogP contribution in [0.15, 0.2) is 60.7 Å². The molecule has 2 aliphatic heterocycles. The van der Waals surface area contributed by atoms with Crippen LogP contribution in [-0.4, -0.2) is 45.9 Å². The molecular weight excluding hydrogens is 388 g/mol. The Hall–Kier alpha value is -1.07. The van der Waals surface area contributed by atoms with Crippen LogP contribution in [0.25, 0.3) is 0 Å². The summed E-state index contributed by atoms with van der Waals surface area (Å²) >= 11 is 0. The van der Waals surface area contributed by atoms with Crippen LogP contribution in [0.2, 0.25) is 25.2 Å². The lowest BCUT2D eigenvalue weighted by Gasteiger charge is -2.44. The Morgan fingerprint density at radius 3 is 1.67 bits per heavy atom. The molecule has 27 heavy (non-hydrogen) atoms. The number of hydrogen-bond acceptors (Lipinski definition) is 4. The fraction of sp³-hybridized carbons (Fsp3) is 0.400. The first-order chi connectivity index (χ1) is 12.5. The molecule has 0 amide bonds. The Bertz CT molecular complexity index is 788. The normalized spacial score (nSPS) is 27.2. The molecule has 4 rings (SSSR count). The summed E-state index contributed by atoms with van der Waals surface area (Å²) in [4.78, 5) is 0. The fourth-order valence-corrected chi connectivity index (χ4v) is 17.7. The van der Waals surface area contributed by atoms with Crippen molar-refractivity contribution in [3.05, 3.63) is 60.7 Å². The smallest absolute Gasteiger partial charge is 0.386 e. The molecule has 4 nitrogen and oxygen atoms in total. The van der Waals surface area contributed by atoms with E-state index in [1.54, 1.807) is 0 Å². The van der Waals surface area contributed by atoms with Gasteiger partial charge >= 0.3 is 8.56 Å². The number of aliphatic hydroxyl groups is 2. The van der Waals surface area contributed by atoms with Crippen molar-refractivity contribution in [2.75, 3.05) is 0 Å². The molecule has 0 bridgehead atoms. The van der Waals surface area contributed by atoms with E-state index >= 15 is 0 Å².